The van der Waals surface area contributed by atoms with Crippen LogP contribution in [0.25, 0.3) is 0 Å². The Hall–Kier alpha value is -2.09. The van der Waals surface area contributed by atoms with Crippen molar-refractivity contribution >= 4 is 11.5 Å². The van der Waals surface area contributed by atoms with E-state index in [0.717, 1.165) is 32.2 Å². The van der Waals surface area contributed by atoms with E-state index in [4.69, 9.17) is 0 Å². The SMILES string of the molecule is O=C1CCC[C@H]1[C@H]1c2ccccc2CCN1c1ccccc1. The number of hydrogen-bond donors (Lipinski definition) is 0. The van der Waals surface area contributed by atoms with E-state index in [9.17, 15) is 4.79 Å². The van der Waals surface area contributed by atoms with E-state index in [1.54, 1.807) is 0 Å². The zero-order valence-electron chi connectivity index (χ0n) is 12.7. The van der Waals surface area contributed by atoms with Crippen molar-refractivity contribution in [2.75, 3.05) is 11.4 Å². The van der Waals surface area contributed by atoms with E-state index in [1.165, 1.54) is 16.8 Å². The van der Waals surface area contributed by atoms with Crippen molar-refractivity contribution in [2.45, 2.75) is 31.7 Å². The molecule has 2 heteroatoms. The highest BCUT2D eigenvalue weighted by Crippen LogP contribution is 2.43. The average Bonchev–Trinajstić information content (AvgIpc) is 3.00. The highest BCUT2D eigenvalue weighted by Gasteiger charge is 2.39. The fourth-order valence-electron chi connectivity index (χ4n) is 4.12. The van der Waals surface area contributed by atoms with E-state index < -0.39 is 0 Å². The number of para-hydroxylation sites is 1. The predicted octanol–water partition coefficient (Wildman–Crippen LogP) is 4.16. The smallest absolute Gasteiger partial charge is 0.138 e. The molecule has 2 aromatic carbocycles. The van der Waals surface area contributed by atoms with Gasteiger partial charge in [-0.1, -0.05) is 42.5 Å². The molecule has 1 aliphatic carbocycles. The topological polar surface area (TPSA) is 20.3 Å². The van der Waals surface area contributed by atoms with Gasteiger partial charge in [0.1, 0.15) is 5.78 Å². The number of nitrogens with zero attached hydrogens (tertiary/aromatic N) is 1. The first-order chi connectivity index (χ1) is 10.8. The van der Waals surface area contributed by atoms with Crippen LogP contribution in [0.5, 0.6) is 0 Å². The van der Waals surface area contributed by atoms with Crippen LogP contribution in [0.4, 0.5) is 5.69 Å². The molecule has 22 heavy (non-hydrogen) atoms. The maximum Gasteiger partial charge on any atom is 0.138 e. The van der Waals surface area contributed by atoms with Crippen molar-refractivity contribution in [3.63, 3.8) is 0 Å². The Morgan fingerprint density at radius 1 is 0.909 bits per heavy atom. The van der Waals surface area contributed by atoms with Crippen LogP contribution in [-0.4, -0.2) is 12.3 Å². The third kappa shape index (κ3) is 2.23. The first kappa shape index (κ1) is 13.6. The standard InChI is InChI=1S/C20H21NO/c22-19-12-6-11-18(19)20-17-10-5-4-7-15(17)13-14-21(20)16-8-2-1-3-9-16/h1-5,7-10,18,20H,6,11-14H2/t18-,20-/m1/s1. The molecular formula is C20H21NO. The molecule has 0 saturated heterocycles. The van der Waals surface area contributed by atoms with Gasteiger partial charge in [-0.15, -0.1) is 0 Å². The molecular weight excluding hydrogens is 270 g/mol. The Morgan fingerprint density at radius 3 is 2.45 bits per heavy atom. The van der Waals surface area contributed by atoms with Gasteiger partial charge in [0, 0.05) is 24.6 Å². The molecule has 4 rings (SSSR count). The van der Waals surface area contributed by atoms with Gasteiger partial charge in [0.25, 0.3) is 0 Å². The van der Waals surface area contributed by atoms with Crippen LogP contribution in [0.15, 0.2) is 54.6 Å². The predicted molar refractivity (Wildman–Crippen MR) is 89.0 cm³/mol. The van der Waals surface area contributed by atoms with Crippen LogP contribution in [0.2, 0.25) is 0 Å². The lowest BCUT2D eigenvalue weighted by Crippen LogP contribution is -2.40. The highest BCUT2D eigenvalue weighted by molar-refractivity contribution is 5.84. The van der Waals surface area contributed by atoms with E-state index >= 15 is 0 Å². The molecule has 2 aromatic rings. The Labute approximate surface area is 131 Å². The second kappa shape index (κ2) is 5.60. The Kier molecular flexibility index (Phi) is 3.45. The summed E-state index contributed by atoms with van der Waals surface area (Å²) in [7, 11) is 0. The summed E-state index contributed by atoms with van der Waals surface area (Å²) in [6, 6.07) is 19.4. The molecule has 0 unspecified atom stereocenters. The van der Waals surface area contributed by atoms with Crippen molar-refractivity contribution in [2.24, 2.45) is 5.92 Å². The summed E-state index contributed by atoms with van der Waals surface area (Å²) in [5.41, 5.74) is 4.01. The van der Waals surface area contributed by atoms with Gasteiger partial charge in [-0.2, -0.15) is 0 Å². The molecule has 1 saturated carbocycles. The molecule has 0 aromatic heterocycles. The van der Waals surface area contributed by atoms with Gasteiger partial charge in [-0.05, 0) is 42.5 Å². The zero-order valence-corrected chi connectivity index (χ0v) is 12.7. The molecule has 1 aliphatic heterocycles. The summed E-state index contributed by atoms with van der Waals surface area (Å²) in [5.74, 6) is 0.601. The third-order valence-corrected chi connectivity index (χ3v) is 5.15. The molecule has 0 spiro atoms. The number of ketones is 1. The van der Waals surface area contributed by atoms with Crippen LogP contribution in [0.1, 0.15) is 36.4 Å². The Balaban J connectivity index is 1.80. The second-order valence-electron chi connectivity index (χ2n) is 6.39. The summed E-state index contributed by atoms with van der Waals surface area (Å²) >= 11 is 0. The minimum Gasteiger partial charge on any atom is -0.363 e. The summed E-state index contributed by atoms with van der Waals surface area (Å²) in [5, 5.41) is 0. The normalized spacial score (nSPS) is 24.4. The monoisotopic (exact) mass is 291 g/mol. The fraction of sp³-hybridized carbons (Fsp3) is 0.350. The number of fused-ring (bicyclic) bond motifs is 1. The third-order valence-electron chi connectivity index (χ3n) is 5.15. The number of Topliss-reactive ketones (excluding diaryl/α,β-unsaturated/α-hetero) is 1. The first-order valence-corrected chi connectivity index (χ1v) is 8.27. The maximum atomic E-state index is 12.4. The van der Waals surface area contributed by atoms with E-state index in [0.29, 0.717) is 5.78 Å². The van der Waals surface area contributed by atoms with Crippen LogP contribution in [0.3, 0.4) is 0 Å². The molecule has 0 amide bonds. The van der Waals surface area contributed by atoms with Gasteiger partial charge in [-0.25, -0.2) is 0 Å². The molecule has 2 nitrogen and oxygen atoms in total. The average molecular weight is 291 g/mol. The first-order valence-electron chi connectivity index (χ1n) is 8.27. The lowest BCUT2D eigenvalue weighted by atomic mass is 9.83. The van der Waals surface area contributed by atoms with Crippen LogP contribution < -0.4 is 4.90 Å². The molecule has 0 bridgehead atoms. The second-order valence-corrected chi connectivity index (χ2v) is 6.39. The van der Waals surface area contributed by atoms with E-state index in [-0.39, 0.29) is 12.0 Å². The van der Waals surface area contributed by atoms with Gasteiger partial charge in [0.2, 0.25) is 0 Å². The molecule has 112 valence electrons. The number of hydrogen-bond acceptors (Lipinski definition) is 2. The van der Waals surface area contributed by atoms with Crippen molar-refractivity contribution in [1.29, 1.82) is 0 Å². The maximum absolute atomic E-state index is 12.4. The number of carbonyl (C=O) groups is 1. The molecule has 2 aliphatic rings. The molecule has 1 fully saturated rings. The van der Waals surface area contributed by atoms with Crippen molar-refractivity contribution in [3.8, 4) is 0 Å². The summed E-state index contributed by atoms with van der Waals surface area (Å²) in [6.07, 6.45) is 3.89. The van der Waals surface area contributed by atoms with Crippen molar-refractivity contribution in [1.82, 2.24) is 0 Å². The number of carbonyl (C=O) groups excluding carboxylic acids is 1. The number of rotatable bonds is 2. The van der Waals surface area contributed by atoms with E-state index in [1.807, 2.05) is 0 Å². The van der Waals surface area contributed by atoms with E-state index in [2.05, 4.69) is 59.5 Å². The van der Waals surface area contributed by atoms with Gasteiger partial charge in [-0.3, -0.25) is 4.79 Å². The van der Waals surface area contributed by atoms with Gasteiger partial charge in [0.15, 0.2) is 0 Å². The molecule has 2 atom stereocenters. The Morgan fingerprint density at radius 2 is 1.68 bits per heavy atom. The van der Waals surface area contributed by atoms with Gasteiger partial charge in [0.05, 0.1) is 6.04 Å². The van der Waals surface area contributed by atoms with Gasteiger partial charge >= 0.3 is 0 Å². The molecule has 0 N–H and O–H groups in total. The largest absolute Gasteiger partial charge is 0.363 e. The lowest BCUT2D eigenvalue weighted by molar-refractivity contribution is -0.121. The minimum atomic E-state index is 0.154. The molecule has 0 radical (unpaired) electrons. The van der Waals surface area contributed by atoms with Crippen LogP contribution in [-0.2, 0) is 11.2 Å². The zero-order chi connectivity index (χ0) is 14.9. The fourth-order valence-corrected chi connectivity index (χ4v) is 4.12. The van der Waals surface area contributed by atoms with Crippen molar-refractivity contribution in [3.05, 3.63) is 65.7 Å². The van der Waals surface area contributed by atoms with Gasteiger partial charge < -0.3 is 4.90 Å². The molecule has 1 heterocycles. The Bertz CT molecular complexity index is 679. The summed E-state index contributed by atoms with van der Waals surface area (Å²) < 4.78 is 0. The van der Waals surface area contributed by atoms with Crippen LogP contribution >= 0.6 is 0 Å². The quantitative estimate of drug-likeness (QED) is 0.828. The number of benzene rings is 2. The van der Waals surface area contributed by atoms with Crippen LogP contribution in [0, 0.1) is 5.92 Å². The number of anilines is 1. The minimum absolute atomic E-state index is 0.154. The summed E-state index contributed by atoms with van der Waals surface area (Å²) in [4.78, 5) is 14.9. The summed E-state index contributed by atoms with van der Waals surface area (Å²) in [6.45, 7) is 0.996. The highest BCUT2D eigenvalue weighted by atomic mass is 16.1. The lowest BCUT2D eigenvalue weighted by Gasteiger charge is -2.41. The van der Waals surface area contributed by atoms with Crippen molar-refractivity contribution < 1.29 is 4.79 Å².